The molecule has 2 aromatic carbocycles. The number of phenols is 1. The third kappa shape index (κ3) is 4.82. The number of benzene rings is 2. The molecule has 13 heteroatoms. The number of pyridine rings is 1. The molecule has 13 nitrogen and oxygen atoms in total. The molecular weight excluding hydrogens is 875 g/mol. The van der Waals surface area contributed by atoms with Crippen molar-refractivity contribution in [3.8, 4) is 11.5 Å². The number of aromatic hydroxyl groups is 1. The zero-order valence-electron chi connectivity index (χ0n) is 38.9. The number of carbonyl (C=O) groups excluding carboxylic acids is 2. The van der Waals surface area contributed by atoms with E-state index in [0.717, 1.165) is 99.4 Å². The van der Waals surface area contributed by atoms with Crippen LogP contribution in [-0.2, 0) is 11.2 Å². The Labute approximate surface area is 399 Å². The molecule has 6 spiro atoms. The second kappa shape index (κ2) is 13.3. The van der Waals surface area contributed by atoms with E-state index in [1.165, 1.54) is 6.07 Å². The molecule has 8 bridgehead atoms. The Kier molecular flexibility index (Phi) is 8.09. The maximum atomic E-state index is 15.1. The number of hydrogen-bond donors (Lipinski definition) is 8. The predicted octanol–water partition coefficient (Wildman–Crippen LogP) is 6.95. The zero-order valence-corrected chi connectivity index (χ0v) is 38.9. The summed E-state index contributed by atoms with van der Waals surface area (Å²) in [5.74, 6) is -3.74. The number of aromatic amines is 1. The van der Waals surface area contributed by atoms with E-state index in [4.69, 9.17) is 14.5 Å². The number of ketones is 2. The minimum Gasteiger partial charge on any atom is -0.507 e. The van der Waals surface area contributed by atoms with Gasteiger partial charge in [0.2, 0.25) is 5.78 Å². The van der Waals surface area contributed by atoms with E-state index in [2.05, 4.69) is 16.5 Å². The summed E-state index contributed by atoms with van der Waals surface area (Å²) < 4.78 is 14.7. The summed E-state index contributed by atoms with van der Waals surface area (Å²) in [6.07, 6.45) is 11.9. The van der Waals surface area contributed by atoms with Gasteiger partial charge in [-0.3, -0.25) is 9.59 Å². The Morgan fingerprint density at radius 1 is 0.826 bits per heavy atom. The van der Waals surface area contributed by atoms with Crippen molar-refractivity contribution in [1.82, 2.24) is 9.97 Å². The molecule has 0 radical (unpaired) electrons. The SMILES string of the molecule is Cc1cc(O)c2c(c1)C(=O)c1c(c3cc4c(nccc14)NC[C@H](O)[C@@]14CC5(CCCC5)[C@@H]5CCCc6c[nH]c(c6[C@H]51)C1=C[C@@]5(O3)O[C@@]3(C1=C4C[C@]1(CCC4(CCCC4)C1)[C@H]3O)[C@@H](O)[C@H](O)[C@H]5O)C2=O. The number of anilines is 1. The van der Waals surface area contributed by atoms with Crippen LogP contribution in [0.3, 0.4) is 0 Å². The molecule has 12 aliphatic rings. The molecule has 2 aromatic heterocycles. The molecule has 8 N–H and O–H groups in total. The van der Waals surface area contributed by atoms with Crippen LogP contribution in [0.1, 0.15) is 156 Å². The predicted molar refractivity (Wildman–Crippen MR) is 252 cm³/mol. The van der Waals surface area contributed by atoms with Crippen LogP contribution >= 0.6 is 0 Å². The highest BCUT2D eigenvalue weighted by Gasteiger charge is 2.78. The van der Waals surface area contributed by atoms with Crippen LogP contribution in [0.4, 0.5) is 5.82 Å². The fourth-order valence-corrected chi connectivity index (χ4v) is 18.3. The smallest absolute Gasteiger partial charge is 0.261 e. The number of phenolic OH excluding ortho intramolecular Hbond substituents is 1. The van der Waals surface area contributed by atoms with Gasteiger partial charge in [-0.25, -0.2) is 4.98 Å². The number of nitrogens with zero attached hydrogens (tertiary/aromatic N) is 1. The number of aryl methyl sites for hydroxylation is 2. The van der Waals surface area contributed by atoms with Gasteiger partial charge in [0.25, 0.3) is 5.79 Å². The highest BCUT2D eigenvalue weighted by Crippen LogP contribution is 2.78. The van der Waals surface area contributed by atoms with Crippen LogP contribution in [-0.4, -0.2) is 101 Å². The number of H-pyrrole nitrogens is 1. The summed E-state index contributed by atoms with van der Waals surface area (Å²) in [7, 11) is 0. The number of hydrogen-bond acceptors (Lipinski definition) is 12. The second-order valence-corrected chi connectivity index (χ2v) is 23.8. The average Bonchev–Trinajstić information content (AvgIpc) is 4.17. The molecule has 5 fully saturated rings. The summed E-state index contributed by atoms with van der Waals surface area (Å²) in [5.41, 5.74) is 1.43. The van der Waals surface area contributed by atoms with E-state index >= 15 is 9.59 Å². The van der Waals surface area contributed by atoms with Crippen molar-refractivity contribution in [2.75, 3.05) is 11.9 Å². The van der Waals surface area contributed by atoms with Gasteiger partial charge in [0.15, 0.2) is 17.5 Å². The number of aliphatic hydroxyl groups is 5. The molecule has 4 aliphatic heterocycles. The lowest BCUT2D eigenvalue weighted by Gasteiger charge is -2.64. The van der Waals surface area contributed by atoms with Gasteiger partial charge in [0.1, 0.15) is 29.5 Å². The van der Waals surface area contributed by atoms with Crippen molar-refractivity contribution in [1.29, 1.82) is 0 Å². The molecule has 4 saturated carbocycles. The average molecular weight is 934 g/mol. The highest BCUT2D eigenvalue weighted by molar-refractivity contribution is 6.34. The zero-order chi connectivity index (χ0) is 46.9. The number of rotatable bonds is 0. The van der Waals surface area contributed by atoms with E-state index in [0.29, 0.717) is 59.0 Å². The Morgan fingerprint density at radius 2 is 1.62 bits per heavy atom. The Bertz CT molecular complexity index is 3100. The van der Waals surface area contributed by atoms with Gasteiger partial charge in [-0.2, -0.15) is 0 Å². The van der Waals surface area contributed by atoms with Crippen molar-refractivity contribution >= 4 is 33.7 Å². The first-order valence-electron chi connectivity index (χ1n) is 25.8. The number of ether oxygens (including phenoxy) is 2. The van der Waals surface area contributed by atoms with Crippen LogP contribution in [0, 0.1) is 34.5 Å². The normalized spacial score (nSPS) is 39.1. The van der Waals surface area contributed by atoms with E-state index < -0.39 is 64.3 Å². The molecule has 0 amide bonds. The Balaban J connectivity index is 1.08. The van der Waals surface area contributed by atoms with Crippen molar-refractivity contribution in [2.45, 2.75) is 157 Å². The molecule has 358 valence electrons. The number of carbonyl (C=O) groups is 2. The molecule has 11 atom stereocenters. The van der Waals surface area contributed by atoms with Gasteiger partial charge in [-0.1, -0.05) is 31.3 Å². The maximum absolute atomic E-state index is 15.1. The number of aromatic nitrogens is 2. The lowest BCUT2D eigenvalue weighted by atomic mass is 9.50. The lowest BCUT2D eigenvalue weighted by Crippen LogP contribution is -2.79. The summed E-state index contributed by atoms with van der Waals surface area (Å²) in [6.45, 7) is 1.80. The quantitative estimate of drug-likeness (QED) is 0.0792. The van der Waals surface area contributed by atoms with Crippen molar-refractivity contribution in [3.05, 3.63) is 98.5 Å². The maximum Gasteiger partial charge on any atom is 0.261 e. The molecule has 69 heavy (non-hydrogen) atoms. The molecular formula is C56H59N3O10. The van der Waals surface area contributed by atoms with Crippen molar-refractivity contribution < 1.29 is 49.7 Å². The standard InChI is InChI=1S/C56H59N3O10/c1-26-17-30-38(34(60)18-26)45(63)40-35-19-29-28(39(40)44(30)62)9-16-57-49(29)59-23-36(61)54-25-52(12-4-5-13-52)32-8-6-7-27-22-58-43(37(27)42(32)54)31-20-55(68-35)47(65)46(64)48(66)56(69-55)41(31)33(54)21-53(50(56)67)15-14-51(24-53)10-2-3-11-51/h9,16-20,22,32,36,42,46-48,50,58,60-61,64-67H,2-8,10-15,21,23-25H2,1H3,(H,57,59)/t32-,36+,42+,46-,47-,48+,50-,53+,54+,55-,56+/m1/s1. The third-order valence-electron chi connectivity index (χ3n) is 20.8. The van der Waals surface area contributed by atoms with E-state index in [9.17, 15) is 30.6 Å². The fraction of sp³-hybridized carbons (Fsp3) is 0.554. The highest BCUT2D eigenvalue weighted by atomic mass is 16.7. The molecule has 6 heterocycles. The van der Waals surface area contributed by atoms with Crippen molar-refractivity contribution in [3.63, 3.8) is 0 Å². The lowest BCUT2D eigenvalue weighted by molar-refractivity contribution is -0.366. The second-order valence-electron chi connectivity index (χ2n) is 23.8. The first-order valence-corrected chi connectivity index (χ1v) is 25.8. The van der Waals surface area contributed by atoms with E-state index in [1.54, 1.807) is 37.4 Å². The summed E-state index contributed by atoms with van der Waals surface area (Å²) >= 11 is 0. The van der Waals surface area contributed by atoms with Gasteiger partial charge in [-0.05, 0) is 159 Å². The minimum absolute atomic E-state index is 0.00791. The molecule has 16 rings (SSSR count). The van der Waals surface area contributed by atoms with Crippen LogP contribution in [0.5, 0.6) is 11.5 Å². The van der Waals surface area contributed by atoms with Crippen LogP contribution in [0.15, 0.2) is 53.9 Å². The molecule has 1 saturated heterocycles. The van der Waals surface area contributed by atoms with Crippen LogP contribution in [0.25, 0.3) is 16.3 Å². The van der Waals surface area contributed by atoms with Crippen LogP contribution in [0.2, 0.25) is 0 Å². The van der Waals surface area contributed by atoms with Gasteiger partial charge in [0.05, 0.1) is 23.3 Å². The molecule has 8 aliphatic carbocycles. The van der Waals surface area contributed by atoms with Crippen LogP contribution < -0.4 is 10.1 Å². The molecule has 4 aromatic rings. The number of nitrogens with one attached hydrogen (secondary N) is 2. The number of aliphatic hydroxyl groups excluding tert-OH is 5. The first kappa shape index (κ1) is 41.9. The van der Waals surface area contributed by atoms with Gasteiger partial charge in [-0.15, -0.1) is 0 Å². The number of fused-ring (bicyclic) bond motifs is 6. The van der Waals surface area contributed by atoms with Gasteiger partial charge in [0, 0.05) is 63.5 Å². The fourth-order valence-electron chi connectivity index (χ4n) is 18.3. The molecule has 0 unspecified atom stereocenters. The van der Waals surface area contributed by atoms with E-state index in [1.807, 2.05) is 0 Å². The largest absolute Gasteiger partial charge is 0.507 e. The Morgan fingerprint density at radius 3 is 2.43 bits per heavy atom. The topological polar surface area (TPSA) is 215 Å². The van der Waals surface area contributed by atoms with Crippen molar-refractivity contribution in [2.24, 2.45) is 27.6 Å². The third-order valence-corrected chi connectivity index (χ3v) is 20.8. The monoisotopic (exact) mass is 933 g/mol. The van der Waals surface area contributed by atoms with E-state index in [-0.39, 0.29) is 63.0 Å². The summed E-state index contributed by atoms with van der Waals surface area (Å²) in [5, 5.41) is 82.2. The Hall–Kier alpha value is -4.89. The minimum atomic E-state index is -2.38. The van der Waals surface area contributed by atoms with Gasteiger partial charge < -0.3 is 50.4 Å². The first-order chi connectivity index (χ1) is 33.2. The van der Waals surface area contributed by atoms with Gasteiger partial charge >= 0.3 is 0 Å². The summed E-state index contributed by atoms with van der Waals surface area (Å²) in [4.78, 5) is 38.8. The summed E-state index contributed by atoms with van der Waals surface area (Å²) in [6, 6.07) is 6.27.